The van der Waals surface area contributed by atoms with Crippen molar-refractivity contribution < 1.29 is 8.81 Å². The summed E-state index contributed by atoms with van der Waals surface area (Å²) in [5.74, 6) is 6.08. The molecule has 0 saturated heterocycles. The van der Waals surface area contributed by atoms with Crippen molar-refractivity contribution in [3.8, 4) is 11.8 Å². The molecule has 3 aromatic rings. The fraction of sp³-hybridized carbons (Fsp3) is 0. The van der Waals surface area contributed by atoms with Crippen LogP contribution in [0.1, 0.15) is 11.3 Å². The molecular formula is C16H10FNO. The molecule has 0 amide bonds. The Hall–Kier alpha value is -2.73. The third-order valence-corrected chi connectivity index (χ3v) is 2.70. The van der Waals surface area contributed by atoms with E-state index in [0.717, 1.165) is 5.56 Å². The molecule has 92 valence electrons. The maximum atomic E-state index is 13.0. The summed E-state index contributed by atoms with van der Waals surface area (Å²) < 4.78 is 18.6. The van der Waals surface area contributed by atoms with Crippen LogP contribution in [-0.4, -0.2) is 0 Å². The zero-order valence-electron chi connectivity index (χ0n) is 9.98. The first-order chi connectivity index (χ1) is 9.20. The third kappa shape index (κ3) is 2.43. The summed E-state index contributed by atoms with van der Waals surface area (Å²) in [5.41, 5.74) is 7.77. The number of benzene rings is 2. The molecule has 0 bridgehead atoms. The Bertz CT molecular complexity index is 808. The molecular weight excluding hydrogens is 241 g/mol. The van der Waals surface area contributed by atoms with Gasteiger partial charge in [-0.1, -0.05) is 12.0 Å². The van der Waals surface area contributed by atoms with Crippen molar-refractivity contribution >= 4 is 16.7 Å². The molecule has 0 radical (unpaired) electrons. The van der Waals surface area contributed by atoms with Crippen molar-refractivity contribution in [2.45, 2.75) is 0 Å². The van der Waals surface area contributed by atoms with E-state index in [4.69, 9.17) is 10.2 Å². The molecule has 3 rings (SSSR count). The molecule has 0 aliphatic heterocycles. The number of halogens is 1. The highest BCUT2D eigenvalue weighted by Gasteiger charge is 2.02. The molecule has 0 fully saturated rings. The van der Waals surface area contributed by atoms with E-state index < -0.39 is 0 Å². The lowest BCUT2D eigenvalue weighted by atomic mass is 10.2. The standard InChI is InChI=1S/C16H10FNO/c17-13-5-7-16-12(9-13)10-15(19-16)6-4-11-2-1-3-14(18)8-11/h1-3,5,7-10H,18H2. The van der Waals surface area contributed by atoms with Crippen LogP contribution in [0.3, 0.4) is 0 Å². The lowest BCUT2D eigenvalue weighted by Gasteiger charge is -1.91. The van der Waals surface area contributed by atoms with Gasteiger partial charge in [0, 0.05) is 22.7 Å². The number of nitrogens with two attached hydrogens (primary N) is 1. The highest BCUT2D eigenvalue weighted by molar-refractivity contribution is 5.78. The zero-order valence-corrected chi connectivity index (χ0v) is 9.98. The van der Waals surface area contributed by atoms with E-state index in [9.17, 15) is 4.39 Å². The summed E-state index contributed by atoms with van der Waals surface area (Å²) in [6.07, 6.45) is 0. The van der Waals surface area contributed by atoms with Crippen LogP contribution in [0, 0.1) is 17.7 Å². The van der Waals surface area contributed by atoms with E-state index in [2.05, 4.69) is 11.8 Å². The SMILES string of the molecule is Nc1cccc(C#Cc2cc3cc(F)ccc3o2)c1. The Morgan fingerprint density at radius 3 is 2.74 bits per heavy atom. The number of nitrogen functional groups attached to an aromatic ring is 1. The van der Waals surface area contributed by atoms with Crippen molar-refractivity contribution in [2.75, 3.05) is 5.73 Å². The van der Waals surface area contributed by atoms with Gasteiger partial charge in [-0.25, -0.2) is 4.39 Å². The monoisotopic (exact) mass is 251 g/mol. The van der Waals surface area contributed by atoms with Crippen molar-refractivity contribution in [1.82, 2.24) is 0 Å². The Labute approximate surface area is 109 Å². The summed E-state index contributed by atoms with van der Waals surface area (Å²) in [6.45, 7) is 0. The van der Waals surface area contributed by atoms with Gasteiger partial charge < -0.3 is 10.2 Å². The molecule has 0 atom stereocenters. The highest BCUT2D eigenvalue weighted by Crippen LogP contribution is 2.19. The van der Waals surface area contributed by atoms with Crippen LogP contribution in [0.15, 0.2) is 52.9 Å². The number of hydrogen-bond acceptors (Lipinski definition) is 2. The minimum atomic E-state index is -0.288. The van der Waals surface area contributed by atoms with Gasteiger partial charge in [0.25, 0.3) is 0 Å². The maximum Gasteiger partial charge on any atom is 0.178 e. The average molecular weight is 251 g/mol. The van der Waals surface area contributed by atoms with Crippen LogP contribution in [-0.2, 0) is 0 Å². The van der Waals surface area contributed by atoms with Gasteiger partial charge in [0.15, 0.2) is 5.76 Å². The zero-order chi connectivity index (χ0) is 13.2. The second-order valence-corrected chi connectivity index (χ2v) is 4.17. The van der Waals surface area contributed by atoms with E-state index in [1.165, 1.54) is 12.1 Å². The molecule has 0 aliphatic carbocycles. The Morgan fingerprint density at radius 2 is 1.89 bits per heavy atom. The molecule has 2 aromatic carbocycles. The predicted molar refractivity (Wildman–Crippen MR) is 73.0 cm³/mol. The first-order valence-electron chi connectivity index (χ1n) is 5.77. The third-order valence-electron chi connectivity index (χ3n) is 2.70. The van der Waals surface area contributed by atoms with Crippen molar-refractivity contribution in [3.05, 3.63) is 65.7 Å². The molecule has 2 N–H and O–H groups in total. The Morgan fingerprint density at radius 1 is 1.00 bits per heavy atom. The maximum absolute atomic E-state index is 13.0. The summed E-state index contributed by atoms with van der Waals surface area (Å²) in [5, 5.41) is 0.705. The summed E-state index contributed by atoms with van der Waals surface area (Å²) in [7, 11) is 0. The first kappa shape index (κ1) is 11.4. The minimum absolute atomic E-state index is 0.288. The fourth-order valence-corrected chi connectivity index (χ4v) is 1.83. The van der Waals surface area contributed by atoms with E-state index in [1.807, 2.05) is 12.1 Å². The molecule has 0 aliphatic rings. The van der Waals surface area contributed by atoms with E-state index in [1.54, 1.807) is 24.3 Å². The largest absolute Gasteiger partial charge is 0.448 e. The quantitative estimate of drug-likeness (QED) is 0.490. The second-order valence-electron chi connectivity index (χ2n) is 4.17. The van der Waals surface area contributed by atoms with Crippen LogP contribution in [0.25, 0.3) is 11.0 Å². The lowest BCUT2D eigenvalue weighted by molar-refractivity contribution is 0.597. The van der Waals surface area contributed by atoms with E-state index >= 15 is 0 Å². The molecule has 0 spiro atoms. The Kier molecular flexibility index (Phi) is 2.70. The van der Waals surface area contributed by atoms with Crippen LogP contribution < -0.4 is 5.73 Å². The number of fused-ring (bicyclic) bond motifs is 1. The minimum Gasteiger partial charge on any atom is -0.448 e. The van der Waals surface area contributed by atoms with Crippen molar-refractivity contribution in [2.24, 2.45) is 0 Å². The Balaban J connectivity index is 1.98. The molecule has 3 heteroatoms. The average Bonchev–Trinajstić information content (AvgIpc) is 2.78. The van der Waals surface area contributed by atoms with Gasteiger partial charge >= 0.3 is 0 Å². The molecule has 19 heavy (non-hydrogen) atoms. The van der Waals surface area contributed by atoms with Crippen LogP contribution >= 0.6 is 0 Å². The lowest BCUT2D eigenvalue weighted by Crippen LogP contribution is -1.84. The smallest absolute Gasteiger partial charge is 0.178 e. The normalized spacial score (nSPS) is 10.2. The molecule has 0 unspecified atom stereocenters. The number of anilines is 1. The molecule has 0 saturated carbocycles. The van der Waals surface area contributed by atoms with Crippen LogP contribution in [0.2, 0.25) is 0 Å². The molecule has 1 heterocycles. The number of rotatable bonds is 0. The van der Waals surface area contributed by atoms with Crippen molar-refractivity contribution in [3.63, 3.8) is 0 Å². The van der Waals surface area contributed by atoms with Gasteiger partial charge in [0.1, 0.15) is 11.4 Å². The van der Waals surface area contributed by atoms with Crippen LogP contribution in [0.4, 0.5) is 10.1 Å². The van der Waals surface area contributed by atoms with Crippen molar-refractivity contribution in [1.29, 1.82) is 0 Å². The van der Waals surface area contributed by atoms with Gasteiger partial charge in [-0.15, -0.1) is 0 Å². The summed E-state index contributed by atoms with van der Waals surface area (Å²) in [4.78, 5) is 0. The molecule has 1 aromatic heterocycles. The molecule has 2 nitrogen and oxygen atoms in total. The van der Waals surface area contributed by atoms with E-state index in [-0.39, 0.29) is 5.82 Å². The van der Waals surface area contributed by atoms with Crippen LogP contribution in [0.5, 0.6) is 0 Å². The summed E-state index contributed by atoms with van der Waals surface area (Å²) in [6, 6.07) is 13.4. The number of furan rings is 1. The fourth-order valence-electron chi connectivity index (χ4n) is 1.83. The van der Waals surface area contributed by atoms with Gasteiger partial charge in [0.05, 0.1) is 0 Å². The number of hydrogen-bond donors (Lipinski definition) is 1. The van der Waals surface area contributed by atoms with Gasteiger partial charge in [-0.2, -0.15) is 0 Å². The van der Waals surface area contributed by atoms with Gasteiger partial charge in [0.2, 0.25) is 0 Å². The summed E-state index contributed by atoms with van der Waals surface area (Å²) >= 11 is 0. The predicted octanol–water partition coefficient (Wildman–Crippen LogP) is 3.55. The highest BCUT2D eigenvalue weighted by atomic mass is 19.1. The topological polar surface area (TPSA) is 39.2 Å². The van der Waals surface area contributed by atoms with Gasteiger partial charge in [-0.3, -0.25) is 0 Å². The second kappa shape index (κ2) is 4.51. The van der Waals surface area contributed by atoms with E-state index in [0.29, 0.717) is 22.4 Å². The van der Waals surface area contributed by atoms with Gasteiger partial charge in [-0.05, 0) is 42.3 Å². The first-order valence-corrected chi connectivity index (χ1v) is 5.77.